The number of carbonyl (C=O) groups is 5. The number of aliphatic hydroxyl groups is 2. The van der Waals surface area contributed by atoms with Crippen molar-refractivity contribution >= 4 is 35.0 Å². The zero-order chi connectivity index (χ0) is 31.3. The predicted octanol–water partition coefficient (Wildman–Crippen LogP) is -0.249. The minimum absolute atomic E-state index is 0.0236. The van der Waals surface area contributed by atoms with Gasteiger partial charge in [0, 0.05) is 43.9 Å². The van der Waals surface area contributed by atoms with Crippen LogP contribution in [0.3, 0.4) is 0 Å². The maximum atomic E-state index is 14.1. The Morgan fingerprint density at radius 1 is 1.17 bits per heavy atom. The number of hydrogen-bond acceptors (Lipinski definition) is 11. The van der Waals surface area contributed by atoms with Crippen LogP contribution in [0.4, 0.5) is 10.5 Å². The fourth-order valence-electron chi connectivity index (χ4n) is 6.99. The molecule has 0 bridgehead atoms. The molecule has 2 saturated carbocycles. The van der Waals surface area contributed by atoms with E-state index in [1.54, 1.807) is 44.1 Å². The van der Waals surface area contributed by atoms with Crippen LogP contribution in [-0.4, -0.2) is 102 Å². The Hall–Kier alpha value is -3.55. The lowest BCUT2D eigenvalue weighted by Crippen LogP contribution is -2.75. The number of aliphatic hydroxyl groups excluding tert-OH is 1. The van der Waals surface area contributed by atoms with E-state index in [9.17, 15) is 39.3 Å². The molecule has 4 rings (SSSR count). The van der Waals surface area contributed by atoms with E-state index in [2.05, 4.69) is 5.32 Å². The van der Waals surface area contributed by atoms with Crippen molar-refractivity contribution in [2.75, 3.05) is 39.7 Å². The van der Waals surface area contributed by atoms with Gasteiger partial charge in [0.15, 0.2) is 23.0 Å². The maximum Gasteiger partial charge on any atom is 0.407 e. The van der Waals surface area contributed by atoms with Crippen LogP contribution in [-0.2, 0) is 32.1 Å². The summed E-state index contributed by atoms with van der Waals surface area (Å²) >= 11 is 0. The topological polar surface area (TPSA) is 200 Å². The van der Waals surface area contributed by atoms with E-state index in [1.807, 2.05) is 6.92 Å². The smallest absolute Gasteiger partial charge is 0.407 e. The molecule has 0 heterocycles. The summed E-state index contributed by atoms with van der Waals surface area (Å²) in [6.07, 6.45) is -0.521. The first-order chi connectivity index (χ1) is 19.7. The van der Waals surface area contributed by atoms with Gasteiger partial charge in [-0.3, -0.25) is 19.2 Å². The summed E-state index contributed by atoms with van der Waals surface area (Å²) in [4.78, 5) is 69.2. The number of benzene rings is 1. The number of nitrogens with one attached hydrogen (secondary N) is 1. The van der Waals surface area contributed by atoms with Crippen molar-refractivity contribution in [1.29, 1.82) is 0 Å². The van der Waals surface area contributed by atoms with Crippen molar-refractivity contribution in [3.8, 4) is 5.75 Å². The molecule has 3 unspecified atom stereocenters. The van der Waals surface area contributed by atoms with Crippen LogP contribution in [0.5, 0.6) is 5.75 Å². The molecule has 2 fully saturated rings. The third-order valence-electron chi connectivity index (χ3n) is 8.98. The first-order valence-electron chi connectivity index (χ1n) is 14.1. The zero-order valence-electron chi connectivity index (χ0n) is 24.5. The van der Waals surface area contributed by atoms with Crippen LogP contribution >= 0.6 is 0 Å². The molecule has 0 aliphatic heterocycles. The summed E-state index contributed by atoms with van der Waals surface area (Å²) in [6, 6.07) is 0.683. The van der Waals surface area contributed by atoms with Gasteiger partial charge >= 0.3 is 6.09 Å². The van der Waals surface area contributed by atoms with E-state index in [1.165, 1.54) is 0 Å². The van der Waals surface area contributed by atoms with Gasteiger partial charge in [-0.1, -0.05) is 13.3 Å². The molecule has 13 nitrogen and oxygen atoms in total. The molecule has 230 valence electrons. The fraction of sp³-hybridized carbons (Fsp3) is 0.621. The highest BCUT2D eigenvalue weighted by Gasteiger charge is 2.69. The second kappa shape index (κ2) is 11.6. The van der Waals surface area contributed by atoms with Crippen LogP contribution in [0.2, 0.25) is 0 Å². The molecule has 7 atom stereocenters. The Kier molecular flexibility index (Phi) is 8.68. The summed E-state index contributed by atoms with van der Waals surface area (Å²) in [6.45, 7) is 2.03. The molecular weight excluding hydrogens is 548 g/mol. The number of nitrogens with two attached hydrogens (primary N) is 1. The van der Waals surface area contributed by atoms with E-state index in [-0.39, 0.29) is 37.1 Å². The number of anilines is 1. The summed E-state index contributed by atoms with van der Waals surface area (Å²) in [5.74, 6) is -9.71. The van der Waals surface area contributed by atoms with E-state index in [4.69, 9.17) is 10.5 Å². The second-order valence-corrected chi connectivity index (χ2v) is 12.0. The number of carbonyl (C=O) groups excluding carboxylic acids is 5. The van der Waals surface area contributed by atoms with Gasteiger partial charge in [-0.2, -0.15) is 0 Å². The van der Waals surface area contributed by atoms with Crippen LogP contribution in [0.25, 0.3) is 0 Å². The molecule has 2 amide bonds. The first kappa shape index (κ1) is 31.4. The van der Waals surface area contributed by atoms with Crippen LogP contribution in [0.15, 0.2) is 6.07 Å². The number of fused-ring (bicyclic) bond motifs is 3. The summed E-state index contributed by atoms with van der Waals surface area (Å²) in [7, 11) is 6.70. The van der Waals surface area contributed by atoms with Gasteiger partial charge in [-0.05, 0) is 50.9 Å². The average molecular weight is 589 g/mol. The highest BCUT2D eigenvalue weighted by molar-refractivity contribution is 6.25. The van der Waals surface area contributed by atoms with Gasteiger partial charge in [0.1, 0.15) is 11.7 Å². The van der Waals surface area contributed by atoms with Crippen molar-refractivity contribution in [1.82, 2.24) is 10.2 Å². The molecular formula is C29H40N4O9. The number of nitrogens with zero attached hydrogens (tertiary/aromatic N) is 2. The monoisotopic (exact) mass is 588 g/mol. The third kappa shape index (κ3) is 4.92. The zero-order valence-corrected chi connectivity index (χ0v) is 24.5. The van der Waals surface area contributed by atoms with Crippen molar-refractivity contribution in [2.24, 2.45) is 29.4 Å². The molecule has 13 heteroatoms. The predicted molar refractivity (Wildman–Crippen MR) is 150 cm³/mol. The molecule has 1 aromatic carbocycles. The normalized spacial score (nSPS) is 30.3. The Morgan fingerprint density at radius 3 is 2.40 bits per heavy atom. The van der Waals surface area contributed by atoms with Crippen molar-refractivity contribution in [2.45, 2.75) is 56.9 Å². The largest absolute Gasteiger partial charge is 0.507 e. The summed E-state index contributed by atoms with van der Waals surface area (Å²) in [5, 5.41) is 36.6. The number of aromatic hydroxyl groups is 1. The highest BCUT2D eigenvalue weighted by atomic mass is 16.5. The van der Waals surface area contributed by atoms with Gasteiger partial charge in [0.2, 0.25) is 5.91 Å². The highest BCUT2D eigenvalue weighted by Crippen LogP contribution is 2.52. The average Bonchev–Trinajstić information content (AvgIpc) is 2.89. The number of ether oxygens (including phenoxy) is 1. The Bertz CT molecular complexity index is 1310. The van der Waals surface area contributed by atoms with Crippen molar-refractivity contribution in [3.05, 3.63) is 22.8 Å². The number of hydrogen-bond donors (Lipinski definition) is 5. The van der Waals surface area contributed by atoms with E-state index in [0.717, 1.165) is 6.42 Å². The molecule has 1 aromatic rings. The number of likely N-dealkylation sites (N-methyl/N-ethyl adjacent to an activating group) is 1. The number of phenolic OH excluding ortho intramolecular Hbond substituents is 1. The molecule has 0 radical (unpaired) electrons. The summed E-state index contributed by atoms with van der Waals surface area (Å²) < 4.78 is 5.10. The molecule has 42 heavy (non-hydrogen) atoms. The molecule has 6 N–H and O–H groups in total. The van der Waals surface area contributed by atoms with Gasteiger partial charge in [-0.25, -0.2) is 4.79 Å². The lowest BCUT2D eigenvalue weighted by atomic mass is 9.52. The minimum Gasteiger partial charge on any atom is -0.507 e. The third-order valence-corrected chi connectivity index (χ3v) is 8.98. The quantitative estimate of drug-likeness (QED) is 0.198. The second-order valence-electron chi connectivity index (χ2n) is 12.0. The standard InChI is InChI=1S/C29H40N4O9/c1-6-7-8-42-28(40)31-12-14-11-17(32(2)3)15-9-13-10-16-21(33(4)5)24(36)20(27(30)39)26(38)29(16,41)25(37)18(13)23(35)19(15)22(14)34/h11,13,16,18,20-21,24,34,36,41H,6-10,12H2,1-5H3,(H2,30,39)(H,31,40)/t13-,16-,18?,20?,21-,24?,29-/m1/s1. The number of primary amides is 1. The molecule has 3 aliphatic carbocycles. The summed E-state index contributed by atoms with van der Waals surface area (Å²) in [5.41, 5.74) is 3.88. The lowest BCUT2D eigenvalue weighted by molar-refractivity contribution is -0.190. The van der Waals surface area contributed by atoms with Gasteiger partial charge in [0.05, 0.1) is 24.2 Å². The lowest BCUT2D eigenvalue weighted by Gasteiger charge is -2.55. The van der Waals surface area contributed by atoms with Gasteiger partial charge in [0.25, 0.3) is 0 Å². The SMILES string of the molecule is CCCCOC(=O)NCc1cc(N(C)C)c2c(c1O)C(=O)C1C(=O)[C@@]3(O)C(=O)C(C(N)=O)C(O)[C@H](N(C)C)[C@H]3C[C@H]1C2. The number of Topliss-reactive ketones (excluding diaryl/α,β-unsaturated/α-hetero) is 3. The molecule has 0 aromatic heterocycles. The van der Waals surface area contributed by atoms with E-state index < -0.39 is 76.5 Å². The molecule has 0 saturated heterocycles. The minimum atomic E-state index is -2.73. The first-order valence-corrected chi connectivity index (χ1v) is 14.1. The number of phenols is 1. The number of alkyl carbamates (subject to hydrolysis) is 1. The Balaban J connectivity index is 1.76. The van der Waals surface area contributed by atoms with Crippen LogP contribution < -0.4 is 16.0 Å². The fourth-order valence-corrected chi connectivity index (χ4v) is 6.99. The maximum absolute atomic E-state index is 14.1. The van der Waals surface area contributed by atoms with Crippen LogP contribution in [0, 0.1) is 23.7 Å². The Labute approximate surface area is 244 Å². The van der Waals surface area contributed by atoms with Gasteiger partial charge in [-0.15, -0.1) is 0 Å². The number of amides is 2. The van der Waals surface area contributed by atoms with Crippen molar-refractivity contribution < 1.29 is 44.0 Å². The number of rotatable bonds is 8. The number of unbranched alkanes of at least 4 members (excludes halogenated alkanes) is 1. The van der Waals surface area contributed by atoms with Crippen molar-refractivity contribution in [3.63, 3.8) is 0 Å². The number of ketones is 3. The Morgan fingerprint density at radius 2 is 1.83 bits per heavy atom. The van der Waals surface area contributed by atoms with E-state index in [0.29, 0.717) is 17.7 Å². The van der Waals surface area contributed by atoms with E-state index >= 15 is 0 Å². The molecule has 0 spiro atoms. The van der Waals surface area contributed by atoms with Gasteiger partial charge < -0.3 is 40.9 Å². The van der Waals surface area contributed by atoms with Crippen LogP contribution in [0.1, 0.15) is 47.7 Å². The molecule has 3 aliphatic rings.